The van der Waals surface area contributed by atoms with Crippen LogP contribution in [0, 0.1) is 0 Å². The van der Waals surface area contributed by atoms with Gasteiger partial charge in [0, 0.05) is 32.8 Å². The highest BCUT2D eigenvalue weighted by Crippen LogP contribution is 2.03. The van der Waals surface area contributed by atoms with Crippen LogP contribution in [0.2, 0.25) is 0 Å². The van der Waals surface area contributed by atoms with E-state index in [2.05, 4.69) is 5.32 Å². The first-order chi connectivity index (χ1) is 10.5. The van der Waals surface area contributed by atoms with Gasteiger partial charge in [-0.15, -0.1) is 0 Å². The smallest absolute Gasteiger partial charge is 0.303 e. The third-order valence-electron chi connectivity index (χ3n) is 2.76. The molecule has 0 saturated heterocycles. The van der Waals surface area contributed by atoms with Gasteiger partial charge in [0.15, 0.2) is 12.4 Å². The van der Waals surface area contributed by atoms with Crippen LogP contribution in [0.5, 0.6) is 5.75 Å². The number of ether oxygens (including phenoxy) is 2. The van der Waals surface area contributed by atoms with Crippen molar-refractivity contribution in [1.29, 1.82) is 0 Å². The second kappa shape index (κ2) is 9.56. The van der Waals surface area contributed by atoms with Crippen molar-refractivity contribution in [3.63, 3.8) is 0 Å². The van der Waals surface area contributed by atoms with Gasteiger partial charge in [-0.2, -0.15) is 0 Å². The van der Waals surface area contributed by atoms with Gasteiger partial charge in [0.05, 0.1) is 6.61 Å². The van der Waals surface area contributed by atoms with Gasteiger partial charge < -0.3 is 24.5 Å². The number of nitrogens with one attached hydrogen (secondary N) is 1. The number of methoxy groups -OCH3 is 1. The van der Waals surface area contributed by atoms with Gasteiger partial charge in [-0.1, -0.05) is 0 Å². The Balaban J connectivity index is 2.52. The number of aryl methyl sites for hydroxylation is 1. The van der Waals surface area contributed by atoms with Crippen molar-refractivity contribution in [2.45, 2.75) is 19.4 Å². The summed E-state index contributed by atoms with van der Waals surface area (Å²) < 4.78 is 11.4. The number of carbonyl (C=O) groups is 2. The van der Waals surface area contributed by atoms with Crippen molar-refractivity contribution in [3.05, 3.63) is 28.7 Å². The fraction of sp³-hybridized carbons (Fsp3) is 0.500. The number of carbonyl (C=O) groups excluding carboxylic acids is 1. The van der Waals surface area contributed by atoms with Crippen LogP contribution in [-0.4, -0.2) is 48.4 Å². The predicted octanol–water partition coefficient (Wildman–Crippen LogP) is -0.146. The maximum absolute atomic E-state index is 12.1. The van der Waals surface area contributed by atoms with E-state index in [0.717, 1.165) is 0 Å². The van der Waals surface area contributed by atoms with Gasteiger partial charge in [-0.05, 0) is 18.6 Å². The maximum Gasteiger partial charge on any atom is 0.303 e. The number of hydrogen-bond donors (Lipinski definition) is 2. The Morgan fingerprint density at radius 2 is 2.18 bits per heavy atom. The van der Waals surface area contributed by atoms with Gasteiger partial charge in [0.2, 0.25) is 0 Å². The van der Waals surface area contributed by atoms with Gasteiger partial charge in [-0.3, -0.25) is 14.4 Å². The Morgan fingerprint density at radius 3 is 2.86 bits per heavy atom. The fourth-order valence-corrected chi connectivity index (χ4v) is 1.69. The quantitative estimate of drug-likeness (QED) is 0.582. The number of pyridine rings is 1. The highest BCUT2D eigenvalue weighted by molar-refractivity contribution is 5.77. The van der Waals surface area contributed by atoms with Crippen LogP contribution >= 0.6 is 0 Å². The number of aromatic nitrogens is 1. The first-order valence-corrected chi connectivity index (χ1v) is 6.84. The summed E-state index contributed by atoms with van der Waals surface area (Å²) in [6.07, 6.45) is 1.88. The Kier molecular flexibility index (Phi) is 7.69. The lowest BCUT2D eigenvalue weighted by atomic mass is 10.3. The van der Waals surface area contributed by atoms with E-state index in [9.17, 15) is 14.4 Å². The van der Waals surface area contributed by atoms with E-state index in [1.165, 1.54) is 17.7 Å². The van der Waals surface area contributed by atoms with Crippen LogP contribution in [0.3, 0.4) is 0 Å². The number of aliphatic carboxylic acids is 1. The monoisotopic (exact) mass is 312 g/mol. The molecule has 1 aromatic rings. The van der Waals surface area contributed by atoms with E-state index in [4.69, 9.17) is 14.6 Å². The van der Waals surface area contributed by atoms with Crippen LogP contribution in [-0.2, 0) is 20.9 Å². The molecule has 0 aliphatic carbocycles. The molecule has 0 aromatic carbocycles. The zero-order valence-corrected chi connectivity index (χ0v) is 12.4. The van der Waals surface area contributed by atoms with Gasteiger partial charge in [0.1, 0.15) is 0 Å². The summed E-state index contributed by atoms with van der Waals surface area (Å²) in [5.74, 6) is -1.20. The second-order valence-corrected chi connectivity index (χ2v) is 4.50. The highest BCUT2D eigenvalue weighted by atomic mass is 16.5. The Bertz CT molecular complexity index is 555. The molecule has 1 rings (SSSR count). The molecule has 0 radical (unpaired) electrons. The van der Waals surface area contributed by atoms with Crippen molar-refractivity contribution in [2.75, 3.05) is 26.9 Å². The molecule has 0 aliphatic rings. The number of hydrogen-bond acceptors (Lipinski definition) is 5. The first kappa shape index (κ1) is 17.7. The summed E-state index contributed by atoms with van der Waals surface area (Å²) in [5, 5.41) is 11.2. The summed E-state index contributed by atoms with van der Waals surface area (Å²) >= 11 is 0. The lowest BCUT2D eigenvalue weighted by Crippen LogP contribution is -2.32. The molecule has 0 fully saturated rings. The van der Waals surface area contributed by atoms with Crippen LogP contribution in [0.15, 0.2) is 23.1 Å². The summed E-state index contributed by atoms with van der Waals surface area (Å²) in [7, 11) is 1.53. The molecule has 2 N–H and O–H groups in total. The van der Waals surface area contributed by atoms with Crippen molar-refractivity contribution in [2.24, 2.45) is 0 Å². The van der Waals surface area contributed by atoms with Crippen LogP contribution in [0.1, 0.15) is 12.8 Å². The largest absolute Gasteiger partial charge is 0.481 e. The zero-order valence-electron chi connectivity index (χ0n) is 12.4. The maximum atomic E-state index is 12.1. The number of rotatable bonds is 10. The Labute approximate surface area is 127 Å². The topological polar surface area (TPSA) is 107 Å². The average Bonchev–Trinajstić information content (AvgIpc) is 2.47. The molecular weight excluding hydrogens is 292 g/mol. The molecule has 0 aliphatic heterocycles. The number of carboxylic acids is 1. The van der Waals surface area contributed by atoms with Crippen LogP contribution in [0.4, 0.5) is 0 Å². The standard InChI is InChI=1S/C14H20N2O6/c1-21-9-6-15-12(17)10-22-11-4-2-7-16(14(11)20)8-3-5-13(18)19/h2,4,7H,3,5-6,8-10H2,1H3,(H,15,17)(H,18,19). The predicted molar refractivity (Wildman–Crippen MR) is 78.0 cm³/mol. The molecule has 0 bridgehead atoms. The molecule has 0 saturated carbocycles. The highest BCUT2D eigenvalue weighted by Gasteiger charge is 2.08. The Hall–Kier alpha value is -2.35. The Morgan fingerprint density at radius 1 is 1.41 bits per heavy atom. The van der Waals surface area contributed by atoms with Crippen molar-refractivity contribution in [1.82, 2.24) is 9.88 Å². The molecule has 0 spiro atoms. The molecular formula is C14H20N2O6. The minimum absolute atomic E-state index is 0.0145. The van der Waals surface area contributed by atoms with E-state index < -0.39 is 11.5 Å². The summed E-state index contributed by atoms with van der Waals surface area (Å²) in [6, 6.07) is 3.08. The molecule has 1 aromatic heterocycles. The number of nitrogens with zero attached hydrogens (tertiary/aromatic N) is 1. The van der Waals surface area contributed by atoms with Crippen molar-refractivity contribution in [3.8, 4) is 5.75 Å². The van der Waals surface area contributed by atoms with Crippen LogP contribution < -0.4 is 15.6 Å². The van der Waals surface area contributed by atoms with Crippen molar-refractivity contribution >= 4 is 11.9 Å². The molecule has 8 nitrogen and oxygen atoms in total. The van der Waals surface area contributed by atoms with E-state index >= 15 is 0 Å². The van der Waals surface area contributed by atoms with E-state index in [1.54, 1.807) is 12.3 Å². The minimum atomic E-state index is -0.909. The van der Waals surface area contributed by atoms with E-state index in [0.29, 0.717) is 19.6 Å². The molecule has 1 heterocycles. The first-order valence-electron chi connectivity index (χ1n) is 6.84. The van der Waals surface area contributed by atoms with Gasteiger partial charge >= 0.3 is 5.97 Å². The minimum Gasteiger partial charge on any atom is -0.481 e. The number of amides is 1. The van der Waals surface area contributed by atoms with Crippen LogP contribution in [0.25, 0.3) is 0 Å². The summed E-state index contributed by atoms with van der Waals surface area (Å²) in [5.41, 5.74) is -0.391. The SMILES string of the molecule is COCCNC(=O)COc1cccn(CCCC(=O)O)c1=O. The fourth-order valence-electron chi connectivity index (χ4n) is 1.69. The molecule has 0 unspecified atom stereocenters. The third kappa shape index (κ3) is 6.40. The molecule has 8 heteroatoms. The van der Waals surface area contributed by atoms with Crippen molar-refractivity contribution < 1.29 is 24.2 Å². The zero-order chi connectivity index (χ0) is 16.4. The van der Waals surface area contributed by atoms with E-state index in [1.807, 2.05) is 0 Å². The molecule has 122 valence electrons. The second-order valence-electron chi connectivity index (χ2n) is 4.50. The van der Waals surface area contributed by atoms with Gasteiger partial charge in [0.25, 0.3) is 11.5 Å². The lowest BCUT2D eigenvalue weighted by molar-refractivity contribution is -0.137. The van der Waals surface area contributed by atoms with E-state index in [-0.39, 0.29) is 31.2 Å². The molecule has 1 amide bonds. The summed E-state index contributed by atoms with van der Waals surface area (Å²) in [6.45, 7) is 0.779. The lowest BCUT2D eigenvalue weighted by Gasteiger charge is -2.09. The number of carboxylic acid groups (broad SMARTS) is 1. The normalized spacial score (nSPS) is 10.2. The van der Waals surface area contributed by atoms with Gasteiger partial charge in [-0.25, -0.2) is 0 Å². The molecule has 0 atom stereocenters. The molecule has 22 heavy (non-hydrogen) atoms. The third-order valence-corrected chi connectivity index (χ3v) is 2.76. The average molecular weight is 312 g/mol. The summed E-state index contributed by atoms with van der Waals surface area (Å²) in [4.78, 5) is 34.0.